The predicted octanol–water partition coefficient (Wildman–Crippen LogP) is 0.989. The summed E-state index contributed by atoms with van der Waals surface area (Å²) in [6, 6.07) is 0. The molecule has 0 spiro atoms. The minimum atomic E-state index is -0.408. The summed E-state index contributed by atoms with van der Waals surface area (Å²) in [6.07, 6.45) is 1.48. The van der Waals surface area contributed by atoms with Crippen molar-refractivity contribution in [3.05, 3.63) is 23.2 Å². The van der Waals surface area contributed by atoms with E-state index in [1.54, 1.807) is 0 Å². The van der Waals surface area contributed by atoms with Crippen molar-refractivity contribution in [1.82, 2.24) is 20.2 Å². The third-order valence-corrected chi connectivity index (χ3v) is 2.88. The Labute approximate surface area is 113 Å². The molecule has 0 saturated heterocycles. The van der Waals surface area contributed by atoms with E-state index in [0.29, 0.717) is 16.6 Å². The van der Waals surface area contributed by atoms with Crippen molar-refractivity contribution in [2.24, 2.45) is 5.84 Å². The molecule has 1 amide bonds. The number of hydrazine groups is 1. The highest BCUT2D eigenvalue weighted by Crippen LogP contribution is 2.17. The van der Waals surface area contributed by atoms with E-state index >= 15 is 0 Å². The number of hydrogen-bond donors (Lipinski definition) is 3. The Morgan fingerprint density at radius 2 is 2.26 bits per heavy atom. The maximum Gasteiger partial charge on any atom is 0.278 e. The number of hydrogen-bond acceptors (Lipinski definition) is 8. The molecular weight excluding hydrogens is 266 g/mol. The first-order valence-corrected chi connectivity index (χ1v) is 6.41. The highest BCUT2D eigenvalue weighted by atomic mass is 32.1. The molecule has 2 aromatic heterocycles. The lowest BCUT2D eigenvalue weighted by Gasteiger charge is -2.10. The molecule has 8 nitrogen and oxygen atoms in total. The molecule has 2 aromatic rings. The van der Waals surface area contributed by atoms with Crippen LogP contribution in [0, 0.1) is 0 Å². The molecule has 0 fully saturated rings. The fourth-order valence-corrected chi connectivity index (χ4v) is 1.78. The summed E-state index contributed by atoms with van der Waals surface area (Å²) >= 11 is 1.22. The van der Waals surface area contributed by atoms with E-state index in [2.05, 4.69) is 30.9 Å². The van der Waals surface area contributed by atoms with Crippen LogP contribution in [0.5, 0.6) is 0 Å². The highest BCUT2D eigenvalue weighted by Gasteiger charge is 2.17. The van der Waals surface area contributed by atoms with Gasteiger partial charge in [0.1, 0.15) is 11.3 Å². The number of nitrogens with zero attached hydrogens (tertiary/aromatic N) is 4. The summed E-state index contributed by atoms with van der Waals surface area (Å²) < 4.78 is 0. The van der Waals surface area contributed by atoms with Gasteiger partial charge in [-0.2, -0.15) is 0 Å². The topological polar surface area (TPSA) is 119 Å². The maximum atomic E-state index is 12.1. The Bertz CT molecular complexity index is 569. The lowest BCUT2D eigenvalue weighted by molar-refractivity contribution is 0.102. The Kier molecular flexibility index (Phi) is 3.97. The molecule has 2 heterocycles. The van der Waals surface area contributed by atoms with Gasteiger partial charge in [0.15, 0.2) is 5.69 Å². The summed E-state index contributed by atoms with van der Waals surface area (Å²) in [5, 5.41) is 10.4. The molecule has 0 radical (unpaired) electrons. The van der Waals surface area contributed by atoms with Gasteiger partial charge in [0, 0.05) is 5.92 Å². The van der Waals surface area contributed by atoms with Gasteiger partial charge in [0.05, 0.1) is 11.9 Å². The molecule has 9 heteroatoms. The Hall–Kier alpha value is -2.13. The number of nitrogens with two attached hydrogens (primary N) is 1. The summed E-state index contributed by atoms with van der Waals surface area (Å²) in [4.78, 5) is 20.5. The third-order valence-electron chi connectivity index (χ3n) is 2.27. The van der Waals surface area contributed by atoms with Crippen LogP contribution < -0.4 is 16.6 Å². The predicted molar refractivity (Wildman–Crippen MR) is 71.8 cm³/mol. The van der Waals surface area contributed by atoms with E-state index < -0.39 is 5.91 Å². The van der Waals surface area contributed by atoms with Crippen LogP contribution in [0.15, 0.2) is 11.7 Å². The minimum Gasteiger partial charge on any atom is -0.321 e. The van der Waals surface area contributed by atoms with Crippen LogP contribution in [0.4, 0.5) is 10.8 Å². The quantitative estimate of drug-likeness (QED) is 0.564. The van der Waals surface area contributed by atoms with Gasteiger partial charge in [0.25, 0.3) is 5.91 Å². The monoisotopic (exact) mass is 279 g/mol. The van der Waals surface area contributed by atoms with Crippen LogP contribution in [0.3, 0.4) is 0 Å². The number of anilines is 2. The molecule has 0 saturated carbocycles. The largest absolute Gasteiger partial charge is 0.321 e. The number of rotatable bonds is 4. The smallest absolute Gasteiger partial charge is 0.278 e. The first-order chi connectivity index (χ1) is 9.11. The van der Waals surface area contributed by atoms with Crippen molar-refractivity contribution in [3.8, 4) is 0 Å². The van der Waals surface area contributed by atoms with Crippen molar-refractivity contribution >= 4 is 28.1 Å². The molecule has 0 aliphatic heterocycles. The van der Waals surface area contributed by atoms with Crippen LogP contribution in [-0.2, 0) is 0 Å². The van der Waals surface area contributed by atoms with Crippen LogP contribution >= 0.6 is 11.3 Å². The van der Waals surface area contributed by atoms with Gasteiger partial charge in [-0.05, 0) is 0 Å². The normalized spacial score (nSPS) is 10.5. The van der Waals surface area contributed by atoms with Gasteiger partial charge in [-0.15, -0.1) is 10.2 Å². The lowest BCUT2D eigenvalue weighted by atomic mass is 10.2. The Morgan fingerprint density at radius 3 is 2.84 bits per heavy atom. The standard InChI is InChI=1S/C10H13N7OS/c1-5(2)8-12-3-6(16-11)7(14-8)9(18)15-10-17-13-4-19-10/h3-5,16H,11H2,1-2H3,(H,15,17,18). The van der Waals surface area contributed by atoms with Crippen molar-refractivity contribution in [2.45, 2.75) is 19.8 Å². The molecule has 0 unspecified atom stereocenters. The van der Waals surface area contributed by atoms with Gasteiger partial charge in [0.2, 0.25) is 5.13 Å². The average Bonchev–Trinajstić information content (AvgIpc) is 2.90. The summed E-state index contributed by atoms with van der Waals surface area (Å²) in [5.41, 5.74) is 4.46. The number of carbonyl (C=O) groups is 1. The number of nitrogen functional groups attached to an aromatic ring is 1. The van der Waals surface area contributed by atoms with E-state index in [0.717, 1.165) is 0 Å². The second-order valence-corrected chi connectivity index (χ2v) is 4.82. The summed E-state index contributed by atoms with van der Waals surface area (Å²) in [5.74, 6) is 5.63. The van der Waals surface area contributed by atoms with Gasteiger partial charge >= 0.3 is 0 Å². The van der Waals surface area contributed by atoms with E-state index in [1.807, 2.05) is 13.8 Å². The fraction of sp³-hybridized carbons (Fsp3) is 0.300. The van der Waals surface area contributed by atoms with E-state index in [9.17, 15) is 4.79 Å². The minimum absolute atomic E-state index is 0.111. The van der Waals surface area contributed by atoms with Crippen LogP contribution in [0.1, 0.15) is 36.1 Å². The van der Waals surface area contributed by atoms with Gasteiger partial charge in [-0.25, -0.2) is 9.97 Å². The molecule has 100 valence electrons. The zero-order valence-corrected chi connectivity index (χ0v) is 11.2. The van der Waals surface area contributed by atoms with Gasteiger partial charge < -0.3 is 5.43 Å². The summed E-state index contributed by atoms with van der Waals surface area (Å²) in [7, 11) is 0. The first kappa shape index (κ1) is 13.3. The van der Waals surface area contributed by atoms with Crippen molar-refractivity contribution in [2.75, 3.05) is 10.7 Å². The van der Waals surface area contributed by atoms with Crippen LogP contribution in [-0.4, -0.2) is 26.1 Å². The van der Waals surface area contributed by atoms with Crippen LogP contribution in [0.2, 0.25) is 0 Å². The molecular formula is C10H13N7OS. The zero-order valence-electron chi connectivity index (χ0n) is 10.4. The Balaban J connectivity index is 2.30. The van der Waals surface area contributed by atoms with E-state index in [1.165, 1.54) is 23.0 Å². The molecule has 19 heavy (non-hydrogen) atoms. The number of amides is 1. The Morgan fingerprint density at radius 1 is 1.47 bits per heavy atom. The van der Waals surface area contributed by atoms with Gasteiger partial charge in [-0.3, -0.25) is 16.0 Å². The van der Waals surface area contributed by atoms with Crippen molar-refractivity contribution in [1.29, 1.82) is 0 Å². The molecule has 4 N–H and O–H groups in total. The molecule has 0 aliphatic rings. The van der Waals surface area contributed by atoms with Crippen molar-refractivity contribution < 1.29 is 4.79 Å². The molecule has 0 aliphatic carbocycles. The van der Waals surface area contributed by atoms with E-state index in [4.69, 9.17) is 5.84 Å². The number of nitrogens with one attached hydrogen (secondary N) is 2. The average molecular weight is 279 g/mol. The zero-order chi connectivity index (χ0) is 13.8. The van der Waals surface area contributed by atoms with Gasteiger partial charge in [-0.1, -0.05) is 25.2 Å². The van der Waals surface area contributed by atoms with Crippen LogP contribution in [0.25, 0.3) is 0 Å². The molecule has 0 aromatic carbocycles. The fourth-order valence-electron chi connectivity index (χ4n) is 1.34. The van der Waals surface area contributed by atoms with E-state index in [-0.39, 0.29) is 11.6 Å². The SMILES string of the molecule is CC(C)c1ncc(NN)c(C(=O)Nc2nncs2)n1. The lowest BCUT2D eigenvalue weighted by Crippen LogP contribution is -2.20. The molecule has 2 rings (SSSR count). The maximum absolute atomic E-state index is 12.1. The first-order valence-electron chi connectivity index (χ1n) is 5.53. The summed E-state index contributed by atoms with van der Waals surface area (Å²) in [6.45, 7) is 3.88. The highest BCUT2D eigenvalue weighted by molar-refractivity contribution is 7.13. The number of carbonyl (C=O) groups excluding carboxylic acids is 1. The second kappa shape index (κ2) is 5.67. The van der Waals surface area contributed by atoms with Crippen molar-refractivity contribution in [3.63, 3.8) is 0 Å². The molecule has 0 bridgehead atoms. The second-order valence-electron chi connectivity index (χ2n) is 3.99. The third kappa shape index (κ3) is 3.01. The molecule has 0 atom stereocenters. The number of aromatic nitrogens is 4.